The predicted octanol–water partition coefficient (Wildman–Crippen LogP) is -1.43. The minimum atomic E-state index is -1.55. The van der Waals surface area contributed by atoms with E-state index in [4.69, 9.17) is 21.1 Å². The molecule has 0 amide bonds. The van der Waals surface area contributed by atoms with E-state index >= 15 is 0 Å². The number of carbonyl (C=O) groups excluding carboxylic acids is 3. The lowest BCUT2D eigenvalue weighted by Gasteiger charge is -2.40. The molecule has 1 aliphatic heterocycles. The molecule has 0 aromatic rings. The van der Waals surface area contributed by atoms with Gasteiger partial charge in [0.2, 0.25) is 0 Å². The second-order valence-corrected chi connectivity index (χ2v) is 3.62. The molecule has 1 aliphatic rings. The average Bonchev–Trinajstić information content (AvgIpc) is 2.36. The average molecular weight is 283 g/mol. The Morgan fingerprint density at radius 1 is 1.00 bits per heavy atom. The Labute approximate surface area is 107 Å². The Kier molecular flexibility index (Phi) is 5.83. The molecule has 1 heterocycles. The maximum atomic E-state index is 10.4. The van der Waals surface area contributed by atoms with Crippen LogP contribution in [0.2, 0.25) is 0 Å². The number of aliphatic hydroxyl groups excluding tert-OH is 1. The molecule has 5 atom stereocenters. The summed E-state index contributed by atoms with van der Waals surface area (Å²) in [6.45, 7) is 0.248. The molecule has 0 bridgehead atoms. The number of hydrogen-bond acceptors (Lipinski definition) is 8. The molecule has 0 aromatic carbocycles. The highest BCUT2D eigenvalue weighted by Gasteiger charge is 2.49. The third kappa shape index (κ3) is 3.09. The lowest BCUT2D eigenvalue weighted by Crippen LogP contribution is -2.60. The molecule has 8 nitrogen and oxygen atoms in total. The monoisotopic (exact) mass is 282 g/mol. The number of carbonyl (C=O) groups is 3. The molecule has 9 heteroatoms. The van der Waals surface area contributed by atoms with Gasteiger partial charge in [0.1, 0.15) is 6.10 Å². The van der Waals surface area contributed by atoms with Crippen LogP contribution in [0.25, 0.3) is 0 Å². The highest BCUT2D eigenvalue weighted by Crippen LogP contribution is 2.26. The van der Waals surface area contributed by atoms with Crippen LogP contribution in [0.1, 0.15) is 0 Å². The fourth-order valence-electron chi connectivity index (χ4n) is 1.68. The minimum absolute atomic E-state index is 0.0530. The number of alkyl halides is 1. The summed E-state index contributed by atoms with van der Waals surface area (Å²) in [4.78, 5) is 31.1. The summed E-state index contributed by atoms with van der Waals surface area (Å²) in [6, 6.07) is 0. The van der Waals surface area contributed by atoms with Gasteiger partial charge in [0.15, 0.2) is 24.6 Å². The molecule has 1 rings (SSSR count). The quantitative estimate of drug-likeness (QED) is 0.344. The molecule has 1 fully saturated rings. The van der Waals surface area contributed by atoms with Gasteiger partial charge in [0.25, 0.3) is 19.4 Å². The Hall–Kier alpha value is -1.38. The van der Waals surface area contributed by atoms with Crippen molar-refractivity contribution in [3.05, 3.63) is 0 Å². The molecule has 0 unspecified atom stereocenters. The molecular weight excluding hydrogens is 272 g/mol. The van der Waals surface area contributed by atoms with E-state index in [0.29, 0.717) is 0 Å². The SMILES string of the molecule is O=CO[C@@H]1[C@@H](OC=O)[C@@H](O)O[C@H](CCl)[C@@H]1OC=O. The zero-order valence-corrected chi connectivity index (χ0v) is 9.76. The molecule has 18 heavy (non-hydrogen) atoms. The summed E-state index contributed by atoms with van der Waals surface area (Å²) in [7, 11) is 0. The Morgan fingerprint density at radius 2 is 1.50 bits per heavy atom. The van der Waals surface area contributed by atoms with Crippen LogP contribution in [-0.2, 0) is 33.3 Å². The normalized spacial score (nSPS) is 35.3. The van der Waals surface area contributed by atoms with Crippen LogP contribution in [0, 0.1) is 0 Å². The van der Waals surface area contributed by atoms with Crippen molar-refractivity contribution in [3.63, 3.8) is 0 Å². The summed E-state index contributed by atoms with van der Waals surface area (Å²) in [5.41, 5.74) is 0. The molecule has 0 spiro atoms. The first-order valence-corrected chi connectivity index (χ1v) is 5.39. The number of rotatable bonds is 7. The van der Waals surface area contributed by atoms with E-state index in [-0.39, 0.29) is 25.3 Å². The maximum Gasteiger partial charge on any atom is 0.293 e. The van der Waals surface area contributed by atoms with E-state index in [9.17, 15) is 19.5 Å². The number of halogens is 1. The molecule has 1 saturated heterocycles. The van der Waals surface area contributed by atoms with Gasteiger partial charge in [-0.1, -0.05) is 0 Å². The summed E-state index contributed by atoms with van der Waals surface area (Å²) < 4.78 is 18.9. The van der Waals surface area contributed by atoms with Gasteiger partial charge in [-0.3, -0.25) is 14.4 Å². The van der Waals surface area contributed by atoms with Crippen molar-refractivity contribution in [1.82, 2.24) is 0 Å². The van der Waals surface area contributed by atoms with Crippen LogP contribution in [0.15, 0.2) is 0 Å². The van der Waals surface area contributed by atoms with E-state index < -0.39 is 30.7 Å². The summed E-state index contributed by atoms with van der Waals surface area (Å²) in [6.07, 6.45) is -6.04. The Morgan fingerprint density at radius 3 is 2.00 bits per heavy atom. The number of aliphatic hydroxyl groups is 1. The van der Waals surface area contributed by atoms with Gasteiger partial charge in [0.05, 0.1) is 5.88 Å². The minimum Gasteiger partial charge on any atom is -0.458 e. The van der Waals surface area contributed by atoms with Gasteiger partial charge < -0.3 is 24.1 Å². The first-order chi connectivity index (χ1) is 8.69. The van der Waals surface area contributed by atoms with Crippen LogP contribution >= 0.6 is 11.6 Å². The van der Waals surface area contributed by atoms with Crippen molar-refractivity contribution in [2.75, 3.05) is 5.88 Å². The largest absolute Gasteiger partial charge is 0.458 e. The van der Waals surface area contributed by atoms with Crippen molar-refractivity contribution >= 4 is 31.0 Å². The Balaban J connectivity index is 2.94. The lowest BCUT2D eigenvalue weighted by atomic mass is 9.99. The first kappa shape index (κ1) is 14.7. The van der Waals surface area contributed by atoms with Gasteiger partial charge in [-0.25, -0.2) is 0 Å². The van der Waals surface area contributed by atoms with Gasteiger partial charge in [-0.05, 0) is 0 Å². The maximum absolute atomic E-state index is 10.4. The van der Waals surface area contributed by atoms with Crippen LogP contribution in [0.3, 0.4) is 0 Å². The Bertz CT molecular complexity index is 298. The second kappa shape index (κ2) is 7.14. The molecule has 0 aromatic heterocycles. The topological polar surface area (TPSA) is 108 Å². The smallest absolute Gasteiger partial charge is 0.293 e. The number of ether oxygens (including phenoxy) is 4. The fourth-order valence-corrected chi connectivity index (χ4v) is 1.92. The fraction of sp³-hybridized carbons (Fsp3) is 0.667. The van der Waals surface area contributed by atoms with Crippen LogP contribution in [0.4, 0.5) is 0 Å². The molecule has 0 radical (unpaired) electrons. The third-order valence-electron chi connectivity index (χ3n) is 2.40. The summed E-state index contributed by atoms with van der Waals surface area (Å²) >= 11 is 5.58. The van der Waals surface area contributed by atoms with Crippen molar-refractivity contribution < 1.29 is 38.4 Å². The van der Waals surface area contributed by atoms with Gasteiger partial charge >= 0.3 is 0 Å². The zero-order valence-electron chi connectivity index (χ0n) is 9.01. The van der Waals surface area contributed by atoms with Crippen molar-refractivity contribution in [1.29, 1.82) is 0 Å². The lowest BCUT2D eigenvalue weighted by molar-refractivity contribution is -0.281. The van der Waals surface area contributed by atoms with E-state index in [2.05, 4.69) is 9.47 Å². The van der Waals surface area contributed by atoms with E-state index in [1.807, 2.05) is 0 Å². The van der Waals surface area contributed by atoms with Crippen LogP contribution in [-0.4, -0.2) is 61.1 Å². The van der Waals surface area contributed by atoms with E-state index in [0.717, 1.165) is 0 Å². The summed E-state index contributed by atoms with van der Waals surface area (Å²) in [5, 5.41) is 9.58. The molecular formula is C9H11ClO8. The highest BCUT2D eigenvalue weighted by atomic mass is 35.5. The third-order valence-corrected chi connectivity index (χ3v) is 2.70. The van der Waals surface area contributed by atoms with Gasteiger partial charge in [-0.2, -0.15) is 0 Å². The summed E-state index contributed by atoms with van der Waals surface area (Å²) in [5.74, 6) is -0.123. The van der Waals surface area contributed by atoms with Crippen molar-refractivity contribution in [2.45, 2.75) is 30.7 Å². The van der Waals surface area contributed by atoms with Crippen molar-refractivity contribution in [3.8, 4) is 0 Å². The zero-order chi connectivity index (χ0) is 13.5. The standard InChI is InChI=1S/C9H11ClO8/c10-1-5-6(15-2-11)7(16-3-12)8(17-4-13)9(14)18-5/h2-9,14H,1H2/t5-,6+,7+,8-,9+/m1/s1. The van der Waals surface area contributed by atoms with Crippen molar-refractivity contribution in [2.24, 2.45) is 0 Å². The molecule has 0 aliphatic carbocycles. The predicted molar refractivity (Wildman–Crippen MR) is 54.4 cm³/mol. The highest BCUT2D eigenvalue weighted by molar-refractivity contribution is 6.18. The number of hydrogen-bond donors (Lipinski definition) is 1. The second-order valence-electron chi connectivity index (χ2n) is 3.31. The van der Waals surface area contributed by atoms with Gasteiger partial charge in [-0.15, -0.1) is 11.6 Å². The molecule has 1 N–H and O–H groups in total. The molecule has 102 valence electrons. The first-order valence-electron chi connectivity index (χ1n) is 4.86. The van der Waals surface area contributed by atoms with Crippen LogP contribution in [0.5, 0.6) is 0 Å². The van der Waals surface area contributed by atoms with Gasteiger partial charge in [0, 0.05) is 0 Å². The van der Waals surface area contributed by atoms with E-state index in [1.165, 1.54) is 0 Å². The van der Waals surface area contributed by atoms with Crippen LogP contribution < -0.4 is 0 Å². The van der Waals surface area contributed by atoms with E-state index in [1.54, 1.807) is 0 Å². The molecule has 0 saturated carbocycles.